The fourth-order valence-corrected chi connectivity index (χ4v) is 4.00. The van der Waals surface area contributed by atoms with Crippen LogP contribution in [-0.4, -0.2) is 83.3 Å². The summed E-state index contributed by atoms with van der Waals surface area (Å²) < 4.78 is 5.36. The van der Waals surface area contributed by atoms with Crippen LogP contribution in [0.25, 0.3) is 22.3 Å². The normalized spacial score (nSPS) is 17.4. The van der Waals surface area contributed by atoms with Gasteiger partial charge in [0.05, 0.1) is 18.7 Å². The Balaban J connectivity index is 1.39. The molecule has 0 aliphatic carbocycles. The minimum Gasteiger partial charge on any atom is -0.378 e. The first-order valence-electron chi connectivity index (χ1n) is 10.3. The van der Waals surface area contributed by atoms with Crippen LogP contribution in [0.4, 0.5) is 10.6 Å². The van der Waals surface area contributed by atoms with Crippen LogP contribution in [0.1, 0.15) is 0 Å². The summed E-state index contributed by atoms with van der Waals surface area (Å²) in [5, 5.41) is 1.03. The Morgan fingerprint density at radius 2 is 1.53 bits per heavy atom. The largest absolute Gasteiger partial charge is 0.378 e. The van der Waals surface area contributed by atoms with Gasteiger partial charge in [-0.3, -0.25) is 4.98 Å². The number of urea groups is 1. The monoisotopic (exact) mass is 404 g/mol. The summed E-state index contributed by atoms with van der Waals surface area (Å²) >= 11 is 0. The smallest absolute Gasteiger partial charge is 0.320 e. The first-order valence-corrected chi connectivity index (χ1v) is 10.3. The number of piperazine rings is 1. The maximum atomic E-state index is 12.8. The van der Waals surface area contributed by atoms with E-state index >= 15 is 0 Å². The van der Waals surface area contributed by atoms with Gasteiger partial charge < -0.3 is 19.4 Å². The highest BCUT2D eigenvalue weighted by Crippen LogP contribution is 2.28. The molecule has 8 heteroatoms. The van der Waals surface area contributed by atoms with E-state index in [9.17, 15) is 4.79 Å². The van der Waals surface area contributed by atoms with Crippen LogP contribution in [0.2, 0.25) is 0 Å². The molecule has 0 N–H and O–H groups in total. The Morgan fingerprint density at radius 3 is 2.30 bits per heavy atom. The first-order chi connectivity index (χ1) is 14.8. The van der Waals surface area contributed by atoms with Crippen LogP contribution in [-0.2, 0) is 4.74 Å². The van der Waals surface area contributed by atoms with Gasteiger partial charge in [-0.2, -0.15) is 0 Å². The topological polar surface area (TPSA) is 74.7 Å². The third-order valence-corrected chi connectivity index (χ3v) is 5.65. The third kappa shape index (κ3) is 3.66. The summed E-state index contributed by atoms with van der Waals surface area (Å²) in [7, 11) is 0. The summed E-state index contributed by atoms with van der Waals surface area (Å²) in [5.74, 6) is 1.61. The molecule has 1 aromatic carbocycles. The summed E-state index contributed by atoms with van der Waals surface area (Å²) in [6, 6.07) is 12.0. The van der Waals surface area contributed by atoms with E-state index in [1.54, 1.807) is 12.4 Å². The van der Waals surface area contributed by atoms with E-state index in [1.807, 2.05) is 40.1 Å². The molecular weight excluding hydrogens is 380 g/mol. The minimum atomic E-state index is 0.114. The Kier molecular flexibility index (Phi) is 5.15. The van der Waals surface area contributed by atoms with Crippen molar-refractivity contribution in [2.75, 3.05) is 57.4 Å². The quantitative estimate of drug-likeness (QED) is 0.652. The second kappa shape index (κ2) is 8.23. The number of benzene rings is 1. The molecule has 4 heterocycles. The maximum Gasteiger partial charge on any atom is 0.320 e. The average Bonchev–Trinajstić information content (AvgIpc) is 2.84. The van der Waals surface area contributed by atoms with Crippen LogP contribution < -0.4 is 4.90 Å². The molecule has 2 aliphatic rings. The van der Waals surface area contributed by atoms with Crippen molar-refractivity contribution in [3.05, 3.63) is 48.8 Å². The van der Waals surface area contributed by atoms with Gasteiger partial charge in [0, 0.05) is 62.6 Å². The van der Waals surface area contributed by atoms with Gasteiger partial charge in [0.25, 0.3) is 0 Å². The third-order valence-electron chi connectivity index (χ3n) is 5.65. The van der Waals surface area contributed by atoms with Crippen molar-refractivity contribution >= 4 is 22.8 Å². The Bertz CT molecular complexity index is 1030. The van der Waals surface area contributed by atoms with Crippen molar-refractivity contribution in [3.8, 4) is 11.4 Å². The molecule has 2 fully saturated rings. The molecular formula is C22H24N6O2. The molecule has 30 heavy (non-hydrogen) atoms. The number of morpholine rings is 1. The number of amides is 2. The number of carbonyl (C=O) groups excluding carboxylic acids is 1. The molecule has 154 valence electrons. The highest BCUT2D eigenvalue weighted by molar-refractivity contribution is 5.91. The fourth-order valence-electron chi connectivity index (χ4n) is 4.00. The lowest BCUT2D eigenvalue weighted by Gasteiger charge is -2.39. The predicted molar refractivity (Wildman–Crippen MR) is 114 cm³/mol. The number of para-hydroxylation sites is 1. The van der Waals surface area contributed by atoms with Crippen LogP contribution in [0.15, 0.2) is 48.8 Å². The number of anilines is 1. The molecule has 0 unspecified atom stereocenters. The van der Waals surface area contributed by atoms with Gasteiger partial charge in [0.1, 0.15) is 5.82 Å². The number of pyridine rings is 1. The second-order valence-electron chi connectivity index (χ2n) is 7.48. The first kappa shape index (κ1) is 18.7. The predicted octanol–water partition coefficient (Wildman–Crippen LogP) is 2.27. The van der Waals surface area contributed by atoms with E-state index < -0.39 is 0 Å². The van der Waals surface area contributed by atoms with Gasteiger partial charge in [0.15, 0.2) is 5.82 Å². The van der Waals surface area contributed by atoms with E-state index in [1.165, 1.54) is 0 Å². The molecule has 0 saturated carbocycles. The lowest BCUT2D eigenvalue weighted by molar-refractivity contribution is 0.0428. The molecule has 2 saturated heterocycles. The minimum absolute atomic E-state index is 0.114. The number of fused-ring (bicyclic) bond motifs is 1. The Hall–Kier alpha value is -3.26. The Morgan fingerprint density at radius 1 is 0.833 bits per heavy atom. The molecule has 0 atom stereocenters. The van der Waals surface area contributed by atoms with Crippen molar-refractivity contribution in [3.63, 3.8) is 0 Å². The molecule has 8 nitrogen and oxygen atoms in total. The van der Waals surface area contributed by atoms with Crippen LogP contribution in [0.5, 0.6) is 0 Å². The van der Waals surface area contributed by atoms with Crippen LogP contribution in [0, 0.1) is 0 Å². The van der Waals surface area contributed by atoms with E-state index in [4.69, 9.17) is 14.7 Å². The van der Waals surface area contributed by atoms with Gasteiger partial charge in [-0.15, -0.1) is 0 Å². The Labute approximate surface area is 175 Å². The number of hydrogen-bond donors (Lipinski definition) is 0. The zero-order valence-electron chi connectivity index (χ0n) is 16.8. The van der Waals surface area contributed by atoms with Gasteiger partial charge in [-0.1, -0.05) is 12.1 Å². The van der Waals surface area contributed by atoms with E-state index in [-0.39, 0.29) is 6.03 Å². The van der Waals surface area contributed by atoms with Crippen molar-refractivity contribution in [2.45, 2.75) is 0 Å². The highest BCUT2D eigenvalue weighted by atomic mass is 16.5. The van der Waals surface area contributed by atoms with E-state index in [0.717, 1.165) is 35.4 Å². The standard InChI is InChI=1S/C22H24N6O2/c29-22(28-13-15-30-16-14-28)27-11-9-26(10-12-27)21-18-3-1-2-4-19(18)24-20(25-21)17-5-7-23-8-6-17/h1-8H,9-16H2. The van der Waals surface area contributed by atoms with E-state index in [2.05, 4.69) is 16.0 Å². The van der Waals surface area contributed by atoms with Crippen molar-refractivity contribution in [2.24, 2.45) is 0 Å². The molecule has 2 amide bonds. The molecule has 2 aliphatic heterocycles. The zero-order valence-corrected chi connectivity index (χ0v) is 16.8. The van der Waals surface area contributed by atoms with Crippen molar-refractivity contribution < 1.29 is 9.53 Å². The molecule has 0 radical (unpaired) electrons. The molecule has 5 rings (SSSR count). The van der Waals surface area contributed by atoms with Crippen molar-refractivity contribution in [1.29, 1.82) is 0 Å². The number of hydrogen-bond acceptors (Lipinski definition) is 6. The second-order valence-corrected chi connectivity index (χ2v) is 7.48. The van der Waals surface area contributed by atoms with Gasteiger partial charge in [-0.05, 0) is 24.3 Å². The lowest BCUT2D eigenvalue weighted by atomic mass is 10.2. The van der Waals surface area contributed by atoms with Crippen LogP contribution in [0.3, 0.4) is 0 Å². The summed E-state index contributed by atoms with van der Waals surface area (Å²) in [5.41, 5.74) is 1.86. The highest BCUT2D eigenvalue weighted by Gasteiger charge is 2.27. The van der Waals surface area contributed by atoms with E-state index in [0.29, 0.717) is 45.2 Å². The number of nitrogens with zero attached hydrogens (tertiary/aromatic N) is 6. The summed E-state index contributed by atoms with van der Waals surface area (Å²) in [6.45, 7) is 5.43. The van der Waals surface area contributed by atoms with Gasteiger partial charge in [0.2, 0.25) is 0 Å². The van der Waals surface area contributed by atoms with Gasteiger partial charge >= 0.3 is 6.03 Å². The SMILES string of the molecule is O=C(N1CCOCC1)N1CCN(c2nc(-c3ccncc3)nc3ccccc23)CC1. The summed E-state index contributed by atoms with van der Waals surface area (Å²) in [4.78, 5) is 32.6. The molecule has 3 aromatic rings. The average molecular weight is 404 g/mol. The lowest BCUT2D eigenvalue weighted by Crippen LogP contribution is -2.55. The number of ether oxygens (including phenoxy) is 1. The number of aromatic nitrogens is 3. The number of carbonyl (C=O) groups is 1. The summed E-state index contributed by atoms with van der Waals surface area (Å²) in [6.07, 6.45) is 3.51. The fraction of sp³-hybridized carbons (Fsp3) is 0.364. The van der Waals surface area contributed by atoms with Gasteiger partial charge in [-0.25, -0.2) is 14.8 Å². The molecule has 2 aromatic heterocycles. The van der Waals surface area contributed by atoms with Crippen LogP contribution >= 0.6 is 0 Å². The maximum absolute atomic E-state index is 12.8. The van der Waals surface area contributed by atoms with Crippen molar-refractivity contribution in [1.82, 2.24) is 24.8 Å². The molecule has 0 spiro atoms. The zero-order chi connectivity index (χ0) is 20.3. The molecule has 0 bridgehead atoms. The number of rotatable bonds is 2.